The second kappa shape index (κ2) is 9.55. The first kappa shape index (κ1) is 20.8. The summed E-state index contributed by atoms with van der Waals surface area (Å²) in [5, 5.41) is 3.32. The fourth-order valence-electron chi connectivity index (χ4n) is 4.50. The number of ether oxygens (including phenoxy) is 1. The van der Waals surface area contributed by atoms with Gasteiger partial charge in [0.25, 0.3) is 0 Å². The molecule has 0 saturated carbocycles. The Morgan fingerprint density at radius 1 is 1.07 bits per heavy atom. The molecule has 0 bridgehead atoms. The van der Waals surface area contributed by atoms with Gasteiger partial charge in [0.15, 0.2) is 0 Å². The smallest absolute Gasteiger partial charge is 0.225 e. The maximum atomic E-state index is 13.0. The highest BCUT2D eigenvalue weighted by molar-refractivity contribution is 5.85. The number of benzene rings is 2. The van der Waals surface area contributed by atoms with Gasteiger partial charge >= 0.3 is 0 Å². The molecule has 4 nitrogen and oxygen atoms in total. The minimum atomic E-state index is -0.137. The number of hydrogen-bond acceptors (Lipinski definition) is 3. The quantitative estimate of drug-likeness (QED) is 0.855. The van der Waals surface area contributed by atoms with Crippen molar-refractivity contribution < 1.29 is 9.53 Å². The summed E-state index contributed by atoms with van der Waals surface area (Å²) < 4.78 is 5.75. The number of halogens is 1. The molecule has 0 aromatic heterocycles. The Bertz CT molecular complexity index is 708. The van der Waals surface area contributed by atoms with E-state index < -0.39 is 0 Å². The Morgan fingerprint density at radius 3 is 2.29 bits per heavy atom. The van der Waals surface area contributed by atoms with Gasteiger partial charge in [-0.1, -0.05) is 60.7 Å². The number of nitrogens with one attached hydrogen (secondary N) is 1. The van der Waals surface area contributed by atoms with E-state index in [4.69, 9.17) is 4.74 Å². The third-order valence-electron chi connectivity index (χ3n) is 5.90. The number of piperidine rings is 1. The van der Waals surface area contributed by atoms with E-state index in [0.29, 0.717) is 13.0 Å². The molecule has 1 amide bonds. The van der Waals surface area contributed by atoms with Crippen molar-refractivity contribution in [1.29, 1.82) is 0 Å². The summed E-state index contributed by atoms with van der Waals surface area (Å²) in [6.45, 7) is 3.90. The molecule has 0 spiro atoms. The van der Waals surface area contributed by atoms with Crippen LogP contribution < -0.4 is 5.32 Å². The highest BCUT2D eigenvalue weighted by Gasteiger charge is 2.40. The lowest BCUT2D eigenvalue weighted by Crippen LogP contribution is -2.50. The molecule has 2 fully saturated rings. The van der Waals surface area contributed by atoms with Crippen molar-refractivity contribution >= 4 is 18.3 Å². The number of carbonyl (C=O) groups is 1. The second-order valence-corrected chi connectivity index (χ2v) is 7.63. The summed E-state index contributed by atoms with van der Waals surface area (Å²) in [5.41, 5.74) is 2.45. The van der Waals surface area contributed by atoms with Gasteiger partial charge < -0.3 is 15.0 Å². The zero-order valence-electron chi connectivity index (χ0n) is 16.2. The fourth-order valence-corrected chi connectivity index (χ4v) is 4.50. The minimum Gasteiger partial charge on any atom is -0.375 e. The van der Waals surface area contributed by atoms with Crippen LogP contribution in [-0.2, 0) is 14.9 Å². The highest BCUT2D eigenvalue weighted by atomic mass is 35.5. The Labute approximate surface area is 173 Å². The van der Waals surface area contributed by atoms with E-state index in [2.05, 4.69) is 70.9 Å². The molecule has 2 aromatic rings. The number of morpholine rings is 1. The van der Waals surface area contributed by atoms with Crippen LogP contribution in [0, 0.1) is 0 Å². The summed E-state index contributed by atoms with van der Waals surface area (Å²) in [5.74, 6) is 0.208. The Balaban J connectivity index is 0.00000225. The van der Waals surface area contributed by atoms with Crippen molar-refractivity contribution in [3.8, 4) is 0 Å². The van der Waals surface area contributed by atoms with Gasteiger partial charge in [-0.25, -0.2) is 0 Å². The third-order valence-corrected chi connectivity index (χ3v) is 5.90. The van der Waals surface area contributed by atoms with Crippen LogP contribution in [0.4, 0.5) is 0 Å². The van der Waals surface area contributed by atoms with Crippen LogP contribution >= 0.6 is 12.4 Å². The lowest BCUT2D eigenvalue weighted by molar-refractivity contribution is -0.136. The molecule has 150 valence electrons. The molecule has 28 heavy (non-hydrogen) atoms. The first-order chi connectivity index (χ1) is 13.3. The zero-order valence-corrected chi connectivity index (χ0v) is 17.0. The molecule has 2 aliphatic heterocycles. The molecule has 2 saturated heterocycles. The van der Waals surface area contributed by atoms with Crippen molar-refractivity contribution in [1.82, 2.24) is 10.2 Å². The molecular weight excluding hydrogens is 372 g/mol. The highest BCUT2D eigenvalue weighted by Crippen LogP contribution is 2.40. The van der Waals surface area contributed by atoms with Crippen LogP contribution in [0.25, 0.3) is 0 Å². The fraction of sp³-hybridized carbons (Fsp3) is 0.435. The van der Waals surface area contributed by atoms with Crippen molar-refractivity contribution in [3.63, 3.8) is 0 Å². The van der Waals surface area contributed by atoms with Crippen LogP contribution in [0.2, 0.25) is 0 Å². The number of carbonyl (C=O) groups excluding carboxylic acids is 1. The predicted molar refractivity (Wildman–Crippen MR) is 114 cm³/mol. The van der Waals surface area contributed by atoms with E-state index >= 15 is 0 Å². The lowest BCUT2D eigenvalue weighted by Gasteiger charge is -2.44. The van der Waals surface area contributed by atoms with Crippen LogP contribution in [0.5, 0.6) is 0 Å². The van der Waals surface area contributed by atoms with E-state index in [1.807, 2.05) is 0 Å². The van der Waals surface area contributed by atoms with Gasteiger partial charge in [0, 0.05) is 31.6 Å². The molecule has 1 N–H and O–H groups in total. The van der Waals surface area contributed by atoms with Crippen LogP contribution in [-0.4, -0.2) is 49.7 Å². The van der Waals surface area contributed by atoms with E-state index in [1.165, 1.54) is 11.1 Å². The van der Waals surface area contributed by atoms with Gasteiger partial charge in [0.2, 0.25) is 5.91 Å². The normalized spacial score (nSPS) is 21.6. The summed E-state index contributed by atoms with van der Waals surface area (Å²) >= 11 is 0. The maximum Gasteiger partial charge on any atom is 0.225 e. The largest absolute Gasteiger partial charge is 0.375 e. The number of hydrogen-bond donors (Lipinski definition) is 1. The molecule has 2 heterocycles. The zero-order chi connectivity index (χ0) is 18.5. The molecule has 4 rings (SSSR count). The number of rotatable bonds is 4. The molecule has 5 heteroatoms. The van der Waals surface area contributed by atoms with Gasteiger partial charge in [-0.3, -0.25) is 4.79 Å². The molecule has 0 radical (unpaired) electrons. The van der Waals surface area contributed by atoms with Crippen LogP contribution in [0.15, 0.2) is 60.7 Å². The molecule has 2 aliphatic rings. The van der Waals surface area contributed by atoms with E-state index in [1.54, 1.807) is 0 Å². The molecule has 1 atom stereocenters. The maximum absolute atomic E-state index is 13.0. The summed E-state index contributed by atoms with van der Waals surface area (Å²) in [6, 6.07) is 21.3. The van der Waals surface area contributed by atoms with Crippen LogP contribution in [0.3, 0.4) is 0 Å². The molecular formula is C23H29ClN2O2. The van der Waals surface area contributed by atoms with Crippen molar-refractivity contribution in [2.24, 2.45) is 0 Å². The second-order valence-electron chi connectivity index (χ2n) is 7.63. The third kappa shape index (κ3) is 4.40. The number of amides is 1. The van der Waals surface area contributed by atoms with E-state index in [-0.39, 0.29) is 29.8 Å². The van der Waals surface area contributed by atoms with Gasteiger partial charge in [0.1, 0.15) is 0 Å². The summed E-state index contributed by atoms with van der Waals surface area (Å²) in [7, 11) is 0. The van der Waals surface area contributed by atoms with E-state index in [0.717, 1.165) is 39.0 Å². The van der Waals surface area contributed by atoms with Gasteiger partial charge in [-0.2, -0.15) is 0 Å². The summed E-state index contributed by atoms with van der Waals surface area (Å²) in [6.07, 6.45) is 2.54. The number of likely N-dealkylation sites (tertiary alicyclic amines) is 1. The average molecular weight is 401 g/mol. The first-order valence-electron chi connectivity index (χ1n) is 9.99. The molecule has 0 aliphatic carbocycles. The predicted octanol–water partition coefficient (Wildman–Crippen LogP) is 3.40. The van der Waals surface area contributed by atoms with Crippen molar-refractivity contribution in [2.75, 3.05) is 32.8 Å². The lowest BCUT2D eigenvalue weighted by atomic mass is 9.69. The molecule has 1 unspecified atom stereocenters. The average Bonchev–Trinajstić information content (AvgIpc) is 2.76. The van der Waals surface area contributed by atoms with Crippen molar-refractivity contribution in [3.05, 3.63) is 71.8 Å². The van der Waals surface area contributed by atoms with Gasteiger partial charge in [-0.05, 0) is 24.0 Å². The SMILES string of the molecule is Cl.O=C(CC1CNCCO1)N1CCCC(c2ccccc2)(c2ccccc2)C1. The standard InChI is InChI=1S/C23H28N2O2.ClH/c26-22(16-21-17-24-13-15-27-21)25-14-7-12-23(18-25,19-8-3-1-4-9-19)20-10-5-2-6-11-20;/h1-6,8-11,21,24H,7,12-18H2;1H. The van der Waals surface area contributed by atoms with Crippen LogP contribution in [0.1, 0.15) is 30.4 Å². The Morgan fingerprint density at radius 2 is 1.71 bits per heavy atom. The summed E-state index contributed by atoms with van der Waals surface area (Å²) in [4.78, 5) is 15.1. The molecule has 2 aromatic carbocycles. The van der Waals surface area contributed by atoms with E-state index in [9.17, 15) is 4.79 Å². The first-order valence-corrected chi connectivity index (χ1v) is 9.99. The minimum absolute atomic E-state index is 0. The Hall–Kier alpha value is -1.88. The van der Waals surface area contributed by atoms with Gasteiger partial charge in [-0.15, -0.1) is 12.4 Å². The van der Waals surface area contributed by atoms with Gasteiger partial charge in [0.05, 0.1) is 19.1 Å². The monoisotopic (exact) mass is 400 g/mol. The number of nitrogens with zero attached hydrogens (tertiary/aromatic N) is 1. The Kier molecular flexibility index (Phi) is 7.11. The topological polar surface area (TPSA) is 41.6 Å². The van der Waals surface area contributed by atoms with Crippen molar-refractivity contribution in [2.45, 2.75) is 30.8 Å².